The summed E-state index contributed by atoms with van der Waals surface area (Å²) in [6.07, 6.45) is -5.49. The lowest BCUT2D eigenvalue weighted by Gasteiger charge is -2.16. The standard InChI is InChI=1S/C17H16F3NO2/c18-17(19,20)14-8-4-5-12(9-14)10-15(22)16(23-11-21)13-6-2-1-3-7-13/h1-9,16H,10-11,21H2. The van der Waals surface area contributed by atoms with E-state index in [2.05, 4.69) is 0 Å². The number of hydrogen-bond donors (Lipinski definition) is 1. The zero-order chi connectivity index (χ0) is 16.9. The Hall–Kier alpha value is -2.18. The van der Waals surface area contributed by atoms with Crippen molar-refractivity contribution in [3.63, 3.8) is 0 Å². The summed E-state index contributed by atoms with van der Waals surface area (Å²) in [6.45, 7) is -0.159. The van der Waals surface area contributed by atoms with Crippen molar-refractivity contribution in [1.82, 2.24) is 0 Å². The van der Waals surface area contributed by atoms with Gasteiger partial charge in [-0.05, 0) is 17.2 Å². The number of hydrogen-bond acceptors (Lipinski definition) is 3. The largest absolute Gasteiger partial charge is 0.416 e. The highest BCUT2D eigenvalue weighted by Crippen LogP contribution is 2.30. The molecule has 0 radical (unpaired) electrons. The molecule has 23 heavy (non-hydrogen) atoms. The van der Waals surface area contributed by atoms with Gasteiger partial charge in [0.25, 0.3) is 0 Å². The smallest absolute Gasteiger partial charge is 0.351 e. The second kappa shape index (κ2) is 7.39. The molecule has 0 bridgehead atoms. The van der Waals surface area contributed by atoms with Crippen molar-refractivity contribution in [2.75, 3.05) is 6.73 Å². The highest BCUT2D eigenvalue weighted by atomic mass is 19.4. The fourth-order valence-corrected chi connectivity index (χ4v) is 2.25. The number of rotatable bonds is 6. The lowest BCUT2D eigenvalue weighted by atomic mass is 9.98. The first-order valence-electron chi connectivity index (χ1n) is 6.97. The number of alkyl halides is 3. The molecule has 0 saturated heterocycles. The van der Waals surface area contributed by atoms with Crippen LogP contribution in [0, 0.1) is 0 Å². The summed E-state index contributed by atoms with van der Waals surface area (Å²) in [5.74, 6) is -0.346. The molecule has 2 aromatic rings. The predicted octanol–water partition coefficient (Wildman–Crippen LogP) is 3.49. The number of ketones is 1. The number of benzene rings is 2. The molecule has 0 spiro atoms. The maximum absolute atomic E-state index is 12.7. The molecule has 3 nitrogen and oxygen atoms in total. The minimum atomic E-state index is -4.44. The number of nitrogens with two attached hydrogens (primary N) is 1. The van der Waals surface area contributed by atoms with Gasteiger partial charge in [-0.1, -0.05) is 48.5 Å². The van der Waals surface area contributed by atoms with Crippen LogP contribution >= 0.6 is 0 Å². The molecule has 1 unspecified atom stereocenters. The number of Topliss-reactive ketones (excluding diaryl/α,β-unsaturated/α-hetero) is 1. The van der Waals surface area contributed by atoms with Gasteiger partial charge < -0.3 is 10.5 Å². The van der Waals surface area contributed by atoms with E-state index in [1.807, 2.05) is 0 Å². The fraction of sp³-hybridized carbons (Fsp3) is 0.235. The van der Waals surface area contributed by atoms with Crippen LogP contribution in [0.4, 0.5) is 13.2 Å². The molecular formula is C17H16F3NO2. The molecule has 6 heteroatoms. The van der Waals surface area contributed by atoms with Gasteiger partial charge in [0.15, 0.2) is 5.78 Å². The minimum absolute atomic E-state index is 0.159. The Labute approximate surface area is 131 Å². The van der Waals surface area contributed by atoms with E-state index >= 15 is 0 Å². The van der Waals surface area contributed by atoms with Gasteiger partial charge in [-0.3, -0.25) is 4.79 Å². The third kappa shape index (κ3) is 4.64. The fourth-order valence-electron chi connectivity index (χ4n) is 2.25. The van der Waals surface area contributed by atoms with E-state index in [0.29, 0.717) is 5.56 Å². The molecule has 0 aliphatic heterocycles. The molecule has 0 amide bonds. The van der Waals surface area contributed by atoms with Crippen molar-refractivity contribution < 1.29 is 22.7 Å². The van der Waals surface area contributed by atoms with Gasteiger partial charge in [-0.15, -0.1) is 0 Å². The van der Waals surface area contributed by atoms with Crippen molar-refractivity contribution in [1.29, 1.82) is 0 Å². The van der Waals surface area contributed by atoms with Crippen molar-refractivity contribution in [2.45, 2.75) is 18.7 Å². The summed E-state index contributed by atoms with van der Waals surface area (Å²) in [5, 5.41) is 0. The summed E-state index contributed by atoms with van der Waals surface area (Å²) in [5.41, 5.74) is 5.48. The summed E-state index contributed by atoms with van der Waals surface area (Å²) >= 11 is 0. The zero-order valence-electron chi connectivity index (χ0n) is 12.2. The normalized spacial score (nSPS) is 12.9. The quantitative estimate of drug-likeness (QED) is 0.828. The number of halogens is 3. The first-order valence-corrected chi connectivity index (χ1v) is 6.97. The van der Waals surface area contributed by atoms with E-state index in [1.54, 1.807) is 30.3 Å². The van der Waals surface area contributed by atoms with Gasteiger partial charge in [0.05, 0.1) is 12.3 Å². The van der Waals surface area contributed by atoms with E-state index in [9.17, 15) is 18.0 Å². The molecule has 2 N–H and O–H groups in total. The monoisotopic (exact) mass is 323 g/mol. The van der Waals surface area contributed by atoms with Gasteiger partial charge in [0, 0.05) is 6.42 Å². The third-order valence-corrected chi connectivity index (χ3v) is 3.29. The van der Waals surface area contributed by atoms with Crippen molar-refractivity contribution in [2.24, 2.45) is 5.73 Å². The van der Waals surface area contributed by atoms with Crippen LogP contribution in [0.15, 0.2) is 54.6 Å². The Bertz CT molecular complexity index is 656. The Kier molecular flexibility index (Phi) is 5.52. The van der Waals surface area contributed by atoms with Crippen molar-refractivity contribution in [3.05, 3.63) is 71.3 Å². The van der Waals surface area contributed by atoms with Crippen molar-refractivity contribution in [3.8, 4) is 0 Å². The molecule has 0 aliphatic rings. The second-order valence-electron chi connectivity index (χ2n) is 4.97. The van der Waals surface area contributed by atoms with Crippen LogP contribution in [0.1, 0.15) is 22.8 Å². The maximum atomic E-state index is 12.7. The minimum Gasteiger partial charge on any atom is -0.351 e. The number of carbonyl (C=O) groups excluding carboxylic acids is 1. The highest BCUT2D eigenvalue weighted by molar-refractivity contribution is 5.86. The van der Waals surface area contributed by atoms with E-state index in [0.717, 1.165) is 12.1 Å². The van der Waals surface area contributed by atoms with Crippen LogP contribution in [0.2, 0.25) is 0 Å². The molecule has 0 saturated carbocycles. The number of carbonyl (C=O) groups is 1. The molecule has 2 aromatic carbocycles. The van der Waals surface area contributed by atoms with Gasteiger partial charge >= 0.3 is 6.18 Å². The summed E-state index contributed by atoms with van der Waals surface area (Å²) in [6, 6.07) is 13.4. The average molecular weight is 323 g/mol. The van der Waals surface area contributed by atoms with Crippen LogP contribution < -0.4 is 5.73 Å². The number of ether oxygens (including phenoxy) is 1. The molecule has 122 valence electrons. The molecule has 0 heterocycles. The highest BCUT2D eigenvalue weighted by Gasteiger charge is 2.30. The molecule has 0 aromatic heterocycles. The van der Waals surface area contributed by atoms with E-state index in [-0.39, 0.29) is 24.5 Å². The van der Waals surface area contributed by atoms with E-state index < -0.39 is 17.8 Å². The topological polar surface area (TPSA) is 52.3 Å². The average Bonchev–Trinajstić information content (AvgIpc) is 2.53. The second-order valence-corrected chi connectivity index (χ2v) is 4.97. The van der Waals surface area contributed by atoms with Crippen LogP contribution in [-0.4, -0.2) is 12.5 Å². The Morgan fingerprint density at radius 2 is 1.78 bits per heavy atom. The lowest BCUT2D eigenvalue weighted by Crippen LogP contribution is -2.21. The Balaban J connectivity index is 2.19. The SMILES string of the molecule is NCOC(C(=O)Cc1cccc(C(F)(F)F)c1)c1ccccc1. The molecular weight excluding hydrogens is 307 g/mol. The first-order chi connectivity index (χ1) is 10.9. The Morgan fingerprint density at radius 3 is 2.39 bits per heavy atom. The van der Waals surface area contributed by atoms with Gasteiger partial charge in [0.2, 0.25) is 0 Å². The summed E-state index contributed by atoms with van der Waals surface area (Å²) in [4.78, 5) is 12.4. The molecule has 1 atom stereocenters. The van der Waals surface area contributed by atoms with E-state index in [4.69, 9.17) is 10.5 Å². The summed E-state index contributed by atoms with van der Waals surface area (Å²) in [7, 11) is 0. The first kappa shape index (κ1) is 17.2. The molecule has 0 aliphatic carbocycles. The predicted molar refractivity (Wildman–Crippen MR) is 79.5 cm³/mol. The maximum Gasteiger partial charge on any atom is 0.416 e. The van der Waals surface area contributed by atoms with Gasteiger partial charge in [-0.2, -0.15) is 13.2 Å². The zero-order valence-corrected chi connectivity index (χ0v) is 12.2. The van der Waals surface area contributed by atoms with Crippen LogP contribution in [0.25, 0.3) is 0 Å². The summed E-state index contributed by atoms with van der Waals surface area (Å²) < 4.78 is 43.4. The Morgan fingerprint density at radius 1 is 1.09 bits per heavy atom. The van der Waals surface area contributed by atoms with Gasteiger partial charge in [0.1, 0.15) is 6.10 Å². The van der Waals surface area contributed by atoms with Crippen LogP contribution in [0.3, 0.4) is 0 Å². The third-order valence-electron chi connectivity index (χ3n) is 3.29. The lowest BCUT2D eigenvalue weighted by molar-refractivity contribution is -0.137. The van der Waals surface area contributed by atoms with Crippen LogP contribution in [0.5, 0.6) is 0 Å². The van der Waals surface area contributed by atoms with E-state index in [1.165, 1.54) is 12.1 Å². The molecule has 2 rings (SSSR count). The molecule has 0 fully saturated rings. The van der Waals surface area contributed by atoms with Crippen LogP contribution in [-0.2, 0) is 22.1 Å². The van der Waals surface area contributed by atoms with Gasteiger partial charge in [-0.25, -0.2) is 0 Å². The van der Waals surface area contributed by atoms with Crippen molar-refractivity contribution >= 4 is 5.78 Å².